The Balaban J connectivity index is 0.599. The van der Waals surface area contributed by atoms with Crippen molar-refractivity contribution >= 4 is 94.5 Å². The first kappa shape index (κ1) is 56.1. The minimum absolute atomic E-state index is 0.355. The molecule has 0 saturated carbocycles. The van der Waals surface area contributed by atoms with Crippen LogP contribution in [-0.4, -0.2) is 0 Å². The predicted octanol–water partition coefficient (Wildman–Crippen LogP) is 27.5. The van der Waals surface area contributed by atoms with Crippen LogP contribution >= 0.6 is 34.0 Å². The van der Waals surface area contributed by atoms with Gasteiger partial charge in [0.1, 0.15) is 0 Å². The third-order valence-electron chi connectivity index (χ3n) is 23.1. The van der Waals surface area contributed by atoms with E-state index in [1.165, 1.54) is 216 Å². The van der Waals surface area contributed by atoms with Gasteiger partial charge in [-0.15, -0.1) is 34.0 Å². The zero-order valence-corrected chi connectivity index (χ0v) is 57.0. The van der Waals surface area contributed by atoms with Crippen molar-refractivity contribution in [2.24, 2.45) is 0 Å². The Morgan fingerprint density at radius 3 is 0.960 bits per heavy atom. The van der Waals surface area contributed by atoms with Gasteiger partial charge in [-0.25, -0.2) is 0 Å². The van der Waals surface area contributed by atoms with Gasteiger partial charge in [0.2, 0.25) is 0 Å². The molecule has 4 aliphatic rings. The van der Waals surface area contributed by atoms with E-state index >= 15 is 0 Å². The summed E-state index contributed by atoms with van der Waals surface area (Å²) in [6, 6.07) is 130. The molecule has 0 radical (unpaired) electrons. The molecule has 23 rings (SSSR count). The van der Waals surface area contributed by atoms with Crippen LogP contribution in [0.4, 0.5) is 0 Å². The average molecular weight is 1330 g/mol. The largest absolute Gasteiger partial charge is 0.135 e. The fourth-order valence-corrected chi connectivity index (χ4v) is 22.2. The molecule has 101 heavy (non-hydrogen) atoms. The molecule has 16 aromatic carbocycles. The monoisotopic (exact) mass is 1330 g/mol. The van der Waals surface area contributed by atoms with Crippen molar-refractivity contribution in [3.8, 4) is 111 Å². The van der Waals surface area contributed by atoms with Gasteiger partial charge in [-0.05, 0) is 229 Å². The van der Waals surface area contributed by atoms with E-state index in [9.17, 15) is 0 Å². The lowest BCUT2D eigenvalue weighted by atomic mass is 9.70. The number of benzene rings is 16. The molecule has 3 heteroatoms. The Morgan fingerprint density at radius 2 is 0.455 bits per heavy atom. The summed E-state index contributed by atoms with van der Waals surface area (Å²) in [5.41, 5.74) is 35.4. The Bertz CT molecular complexity index is 6810. The SMILES string of the molecule is c1cc(-c2cccc(-c3ccc4sc5c(-c6cccc7c6-c6ccccc6C76c7ccccc7-c7cc(-c8ccc9sc%10ccc(-c%11ccc%12c(c%11)-c%11ccccc%11C%12%11c%12ccccc%12-c%12ccccc%12%11)cc%10c9c8)ccc76)cccc5c4c3)c2)cc(-c2ccc3sc4ccccc4c3c2)c1. The van der Waals surface area contributed by atoms with E-state index in [2.05, 4.69) is 340 Å². The van der Waals surface area contributed by atoms with Gasteiger partial charge >= 0.3 is 0 Å². The normalized spacial score (nSPS) is 14.7. The second kappa shape index (κ2) is 20.9. The van der Waals surface area contributed by atoms with Crippen molar-refractivity contribution in [1.29, 1.82) is 0 Å². The summed E-state index contributed by atoms with van der Waals surface area (Å²) in [7, 11) is 0. The van der Waals surface area contributed by atoms with Crippen LogP contribution in [0.25, 0.3) is 172 Å². The lowest BCUT2D eigenvalue weighted by Gasteiger charge is -2.30. The molecule has 0 fully saturated rings. The van der Waals surface area contributed by atoms with Gasteiger partial charge in [-0.2, -0.15) is 0 Å². The number of hydrogen-bond acceptors (Lipinski definition) is 3. The van der Waals surface area contributed by atoms with E-state index in [1.54, 1.807) is 0 Å². The number of hydrogen-bond donors (Lipinski definition) is 0. The van der Waals surface area contributed by atoms with Crippen LogP contribution in [-0.2, 0) is 10.8 Å². The topological polar surface area (TPSA) is 0 Å². The van der Waals surface area contributed by atoms with Gasteiger partial charge in [0, 0.05) is 66.1 Å². The van der Waals surface area contributed by atoms with Gasteiger partial charge in [-0.1, -0.05) is 261 Å². The third kappa shape index (κ3) is 7.67. The minimum Gasteiger partial charge on any atom is -0.135 e. The van der Waals surface area contributed by atoms with Crippen molar-refractivity contribution in [1.82, 2.24) is 0 Å². The molecular weight excluding hydrogens is 1270 g/mol. The average Bonchev–Trinajstić information content (AvgIpc) is 1.51. The lowest BCUT2D eigenvalue weighted by Crippen LogP contribution is -2.25. The first-order valence-corrected chi connectivity index (χ1v) is 37.4. The summed E-state index contributed by atoms with van der Waals surface area (Å²) in [5, 5.41) is 7.84. The number of fused-ring (bicyclic) bond motifs is 29. The van der Waals surface area contributed by atoms with Crippen LogP contribution < -0.4 is 0 Å². The maximum absolute atomic E-state index is 2.50. The fraction of sp³-hybridized carbons (Fsp3) is 0.0204. The van der Waals surface area contributed by atoms with Gasteiger partial charge in [0.25, 0.3) is 0 Å². The molecule has 0 aliphatic heterocycles. The second-order valence-electron chi connectivity index (χ2n) is 28.0. The van der Waals surface area contributed by atoms with E-state index in [-0.39, 0.29) is 5.41 Å². The van der Waals surface area contributed by atoms with Crippen LogP contribution in [0, 0.1) is 0 Å². The zero-order valence-electron chi connectivity index (χ0n) is 54.6. The van der Waals surface area contributed by atoms with Crippen LogP contribution in [0.1, 0.15) is 44.5 Å². The molecule has 0 nitrogen and oxygen atoms in total. The molecule has 4 aliphatic carbocycles. The van der Waals surface area contributed by atoms with Crippen LogP contribution in [0.3, 0.4) is 0 Å². The van der Waals surface area contributed by atoms with E-state index in [4.69, 9.17) is 0 Å². The molecule has 3 aromatic heterocycles. The molecule has 0 bridgehead atoms. The first-order valence-electron chi connectivity index (χ1n) is 35.0. The smallest absolute Gasteiger partial charge is 0.0725 e. The molecule has 3 heterocycles. The van der Waals surface area contributed by atoms with Gasteiger partial charge in [-0.3, -0.25) is 0 Å². The highest BCUT2D eigenvalue weighted by Gasteiger charge is 2.53. The first-order chi connectivity index (χ1) is 50.0. The summed E-state index contributed by atoms with van der Waals surface area (Å²) in [4.78, 5) is 0. The minimum atomic E-state index is -0.505. The fourth-order valence-electron chi connectivity index (χ4n) is 18.9. The standard InChI is InChI=1S/C98H56S3/c1-7-30-82-67(21-1)68-22-2-8-31-83(68)97(82)84-32-9-3-23-69(84)76-51-61(37-43-87(76)97)65-40-46-92-80(55-65)81-56-66(41-47-93(81)100-92)62-38-44-88-77(52-62)70-24-4-10-33-85(70)98(88)86-34-11-5-26-75(86)95-72(27-16-35-89(95)98)73-28-15-29-74-79-54-64(42-48-94(79)101-96(73)74)60-20-14-18-58(50-60)57-17-13-19-59(49-57)63-39-45-91-78(53-63)71-25-6-12-36-90(71)99-91/h1-56H. The molecule has 1 atom stereocenters. The Labute approximate surface area is 596 Å². The molecule has 466 valence electrons. The molecule has 0 N–H and O–H groups in total. The van der Waals surface area contributed by atoms with Crippen LogP contribution in [0.15, 0.2) is 340 Å². The van der Waals surface area contributed by atoms with E-state index < -0.39 is 5.41 Å². The zero-order chi connectivity index (χ0) is 65.8. The van der Waals surface area contributed by atoms with Crippen molar-refractivity contribution < 1.29 is 0 Å². The summed E-state index contributed by atoms with van der Waals surface area (Å²) in [6.45, 7) is 0. The molecule has 19 aromatic rings. The van der Waals surface area contributed by atoms with E-state index in [0.29, 0.717) is 0 Å². The number of thiophene rings is 3. The second-order valence-corrected chi connectivity index (χ2v) is 31.2. The van der Waals surface area contributed by atoms with Gasteiger partial charge in [0.05, 0.1) is 10.8 Å². The van der Waals surface area contributed by atoms with Crippen molar-refractivity contribution in [2.75, 3.05) is 0 Å². The molecule has 1 unspecified atom stereocenters. The van der Waals surface area contributed by atoms with Crippen molar-refractivity contribution in [3.63, 3.8) is 0 Å². The lowest BCUT2D eigenvalue weighted by molar-refractivity contribution is 0.794. The van der Waals surface area contributed by atoms with Gasteiger partial charge in [0.15, 0.2) is 0 Å². The highest BCUT2D eigenvalue weighted by atomic mass is 32.1. The van der Waals surface area contributed by atoms with Crippen LogP contribution in [0.2, 0.25) is 0 Å². The summed E-state index contributed by atoms with van der Waals surface area (Å²) in [6.07, 6.45) is 0. The molecule has 0 saturated heterocycles. The van der Waals surface area contributed by atoms with Crippen molar-refractivity contribution in [3.05, 3.63) is 384 Å². The molecular formula is C98H56S3. The van der Waals surface area contributed by atoms with Crippen molar-refractivity contribution in [2.45, 2.75) is 10.8 Å². The highest BCUT2D eigenvalue weighted by molar-refractivity contribution is 7.27. The predicted molar refractivity (Wildman–Crippen MR) is 430 cm³/mol. The third-order valence-corrected chi connectivity index (χ3v) is 26.7. The van der Waals surface area contributed by atoms with E-state index in [0.717, 1.165) is 0 Å². The Morgan fingerprint density at radius 1 is 0.158 bits per heavy atom. The Kier molecular flexibility index (Phi) is 11.6. The maximum Gasteiger partial charge on any atom is 0.0725 e. The summed E-state index contributed by atoms with van der Waals surface area (Å²) < 4.78 is 7.88. The molecule has 0 amide bonds. The van der Waals surface area contributed by atoms with E-state index in [1.807, 2.05) is 34.0 Å². The molecule has 2 spiro atoms. The summed E-state index contributed by atoms with van der Waals surface area (Å²) >= 11 is 5.68. The Hall–Kier alpha value is -11.8. The van der Waals surface area contributed by atoms with Crippen LogP contribution in [0.5, 0.6) is 0 Å². The summed E-state index contributed by atoms with van der Waals surface area (Å²) in [5.74, 6) is 0. The maximum atomic E-state index is 2.50. The highest BCUT2D eigenvalue weighted by Crippen LogP contribution is 2.66. The quantitative estimate of drug-likeness (QED) is 0.156. The van der Waals surface area contributed by atoms with Gasteiger partial charge < -0.3 is 0 Å². The number of rotatable bonds is 6.